The molecule has 0 unspecified atom stereocenters. The Morgan fingerprint density at radius 1 is 1.20 bits per heavy atom. The number of nitrogens with zero attached hydrogens (tertiary/aromatic N) is 3. The summed E-state index contributed by atoms with van der Waals surface area (Å²) in [5, 5.41) is 6.44. The van der Waals surface area contributed by atoms with Gasteiger partial charge in [0.05, 0.1) is 5.56 Å². The first-order valence-corrected chi connectivity index (χ1v) is 7.88. The molecule has 0 fully saturated rings. The Balaban J connectivity index is 2.80. The van der Waals surface area contributed by atoms with Crippen molar-refractivity contribution in [2.45, 2.75) is 25.0 Å². The molecule has 0 radical (unpaired) electrons. The van der Waals surface area contributed by atoms with Crippen LogP contribution in [0.25, 0.3) is 11.4 Å². The molecular formula is C11H10ClF2N3O2S. The third-order valence-corrected chi connectivity index (χ3v) is 3.71. The minimum atomic E-state index is -4.17. The van der Waals surface area contributed by atoms with Crippen molar-refractivity contribution in [2.24, 2.45) is 0 Å². The predicted octanol–water partition coefficient (Wildman–Crippen LogP) is 2.73. The van der Waals surface area contributed by atoms with E-state index >= 15 is 0 Å². The Labute approximate surface area is 118 Å². The Bertz CT molecular complexity index is 739. The fourth-order valence-corrected chi connectivity index (χ4v) is 2.78. The van der Waals surface area contributed by atoms with Crippen molar-refractivity contribution in [1.82, 2.24) is 14.8 Å². The van der Waals surface area contributed by atoms with Crippen LogP contribution in [0.3, 0.4) is 0 Å². The number of benzene rings is 1. The van der Waals surface area contributed by atoms with Crippen LogP contribution < -0.4 is 0 Å². The average Bonchev–Trinajstić information content (AvgIpc) is 2.73. The van der Waals surface area contributed by atoms with E-state index in [0.717, 1.165) is 16.7 Å². The molecule has 20 heavy (non-hydrogen) atoms. The fourth-order valence-electron chi connectivity index (χ4n) is 1.79. The molecule has 0 aliphatic carbocycles. The summed E-state index contributed by atoms with van der Waals surface area (Å²) in [7, 11) is 1.07. The summed E-state index contributed by atoms with van der Waals surface area (Å²) in [4.78, 5) is 0. The van der Waals surface area contributed by atoms with Crippen molar-refractivity contribution < 1.29 is 17.2 Å². The lowest BCUT2D eigenvalue weighted by molar-refractivity contribution is 0.524. The van der Waals surface area contributed by atoms with Crippen LogP contribution in [-0.2, 0) is 9.05 Å². The molecule has 5 nitrogen and oxygen atoms in total. The molecule has 0 atom stereocenters. The quantitative estimate of drug-likeness (QED) is 0.815. The first-order valence-electron chi connectivity index (χ1n) is 5.57. The summed E-state index contributed by atoms with van der Waals surface area (Å²) >= 11 is 0. The van der Waals surface area contributed by atoms with E-state index in [1.165, 1.54) is 6.07 Å². The van der Waals surface area contributed by atoms with Gasteiger partial charge in [-0.2, -0.15) is 0 Å². The summed E-state index contributed by atoms with van der Waals surface area (Å²) in [5.74, 6) is -1.95. The minimum Gasteiger partial charge on any atom is -0.294 e. The van der Waals surface area contributed by atoms with Crippen molar-refractivity contribution in [3.8, 4) is 11.4 Å². The number of rotatable bonds is 3. The van der Waals surface area contributed by atoms with Gasteiger partial charge >= 0.3 is 0 Å². The van der Waals surface area contributed by atoms with Crippen LogP contribution in [0.1, 0.15) is 19.9 Å². The highest BCUT2D eigenvalue weighted by Crippen LogP contribution is 2.29. The van der Waals surface area contributed by atoms with Gasteiger partial charge in [-0.25, -0.2) is 17.2 Å². The Morgan fingerprint density at radius 2 is 1.75 bits per heavy atom. The normalized spacial score (nSPS) is 12.1. The molecule has 0 N–H and O–H groups in total. The lowest BCUT2D eigenvalue weighted by Gasteiger charge is -2.13. The van der Waals surface area contributed by atoms with Crippen LogP contribution in [0.5, 0.6) is 0 Å². The summed E-state index contributed by atoms with van der Waals surface area (Å²) in [6, 6.07) is 2.84. The maximum absolute atomic E-state index is 13.8. The molecule has 0 aliphatic heterocycles. The molecule has 2 aromatic rings. The molecule has 9 heteroatoms. The van der Waals surface area contributed by atoms with Gasteiger partial charge < -0.3 is 0 Å². The van der Waals surface area contributed by atoms with Gasteiger partial charge in [0, 0.05) is 16.7 Å². The first-order chi connectivity index (χ1) is 9.23. The van der Waals surface area contributed by atoms with Gasteiger partial charge in [0.1, 0.15) is 11.6 Å². The first kappa shape index (κ1) is 14.9. The third-order valence-electron chi connectivity index (χ3n) is 2.59. The van der Waals surface area contributed by atoms with Gasteiger partial charge in [-0.05, 0) is 26.0 Å². The second kappa shape index (κ2) is 5.10. The fraction of sp³-hybridized carbons (Fsp3) is 0.273. The van der Waals surface area contributed by atoms with Crippen LogP contribution in [0.2, 0.25) is 0 Å². The molecule has 2 rings (SSSR count). The molecule has 108 valence electrons. The van der Waals surface area contributed by atoms with E-state index in [1.54, 1.807) is 13.8 Å². The van der Waals surface area contributed by atoms with Crippen molar-refractivity contribution in [3.63, 3.8) is 0 Å². The summed E-state index contributed by atoms with van der Waals surface area (Å²) < 4.78 is 51.5. The van der Waals surface area contributed by atoms with Crippen LogP contribution >= 0.6 is 10.7 Å². The van der Waals surface area contributed by atoms with Crippen LogP contribution in [0.15, 0.2) is 23.4 Å². The second-order valence-electron chi connectivity index (χ2n) is 4.30. The third kappa shape index (κ3) is 2.53. The highest BCUT2D eigenvalue weighted by Gasteiger charge is 2.27. The van der Waals surface area contributed by atoms with Gasteiger partial charge in [-0.15, -0.1) is 10.2 Å². The second-order valence-corrected chi connectivity index (χ2v) is 6.76. The molecule has 1 aromatic carbocycles. The standard InChI is InChI=1S/C11H10ClF2N3O2S/c1-6(2)17-10(15-16-11(17)20(12,18)19)9-7(13)4-3-5-8(9)14/h3-6H,1-2H3. The zero-order chi connectivity index (χ0) is 15.1. The van der Waals surface area contributed by atoms with E-state index in [2.05, 4.69) is 10.2 Å². The predicted molar refractivity (Wildman–Crippen MR) is 68.8 cm³/mol. The highest BCUT2D eigenvalue weighted by molar-refractivity contribution is 8.13. The topological polar surface area (TPSA) is 64.8 Å². The van der Waals surface area contributed by atoms with E-state index in [1.807, 2.05) is 0 Å². The van der Waals surface area contributed by atoms with Crippen molar-refractivity contribution in [2.75, 3.05) is 0 Å². The molecule has 0 aliphatic rings. The minimum absolute atomic E-state index is 0.227. The SMILES string of the molecule is CC(C)n1c(-c2c(F)cccc2F)nnc1S(=O)(=O)Cl. The Kier molecular flexibility index (Phi) is 3.79. The maximum atomic E-state index is 13.8. The van der Waals surface area contributed by atoms with Crippen molar-refractivity contribution >= 4 is 19.7 Å². The molecule has 0 saturated carbocycles. The molecule has 0 amide bonds. The van der Waals surface area contributed by atoms with Crippen LogP contribution in [0.4, 0.5) is 8.78 Å². The lowest BCUT2D eigenvalue weighted by Crippen LogP contribution is -2.11. The zero-order valence-electron chi connectivity index (χ0n) is 10.5. The summed E-state index contributed by atoms with van der Waals surface area (Å²) in [6.45, 7) is 3.24. The van der Waals surface area contributed by atoms with E-state index in [0.29, 0.717) is 0 Å². The van der Waals surface area contributed by atoms with E-state index < -0.39 is 37.4 Å². The van der Waals surface area contributed by atoms with Crippen molar-refractivity contribution in [1.29, 1.82) is 0 Å². The maximum Gasteiger partial charge on any atom is 0.296 e. The smallest absolute Gasteiger partial charge is 0.294 e. The number of aromatic nitrogens is 3. The van der Waals surface area contributed by atoms with Crippen LogP contribution in [-0.4, -0.2) is 23.2 Å². The van der Waals surface area contributed by atoms with E-state index in [9.17, 15) is 17.2 Å². The molecular weight excluding hydrogens is 312 g/mol. The monoisotopic (exact) mass is 321 g/mol. The molecule has 0 bridgehead atoms. The number of hydrogen-bond acceptors (Lipinski definition) is 4. The van der Waals surface area contributed by atoms with Gasteiger partial charge in [0.2, 0.25) is 0 Å². The zero-order valence-corrected chi connectivity index (χ0v) is 12.1. The molecule has 1 heterocycles. The number of hydrogen-bond donors (Lipinski definition) is 0. The lowest BCUT2D eigenvalue weighted by atomic mass is 10.2. The molecule has 0 spiro atoms. The molecule has 1 aromatic heterocycles. The van der Waals surface area contributed by atoms with Crippen molar-refractivity contribution in [3.05, 3.63) is 29.8 Å². The van der Waals surface area contributed by atoms with E-state index in [-0.39, 0.29) is 5.82 Å². The Morgan fingerprint density at radius 3 is 2.20 bits per heavy atom. The molecule has 0 saturated heterocycles. The van der Waals surface area contributed by atoms with Crippen LogP contribution in [0, 0.1) is 11.6 Å². The summed E-state index contributed by atoms with van der Waals surface area (Å²) in [6.07, 6.45) is 0. The summed E-state index contributed by atoms with van der Waals surface area (Å²) in [5.41, 5.74) is -0.444. The Hall–Kier alpha value is -1.54. The highest BCUT2D eigenvalue weighted by atomic mass is 35.7. The van der Waals surface area contributed by atoms with Gasteiger partial charge in [-0.1, -0.05) is 6.07 Å². The van der Waals surface area contributed by atoms with Gasteiger partial charge in [0.15, 0.2) is 5.82 Å². The number of halogens is 3. The van der Waals surface area contributed by atoms with E-state index in [4.69, 9.17) is 10.7 Å². The average molecular weight is 322 g/mol. The van der Waals surface area contributed by atoms with Gasteiger partial charge in [-0.3, -0.25) is 4.57 Å². The van der Waals surface area contributed by atoms with Gasteiger partial charge in [0.25, 0.3) is 14.2 Å². The largest absolute Gasteiger partial charge is 0.296 e.